The van der Waals surface area contributed by atoms with Crippen LogP contribution in [0.25, 0.3) is 0 Å². The van der Waals surface area contributed by atoms with Crippen molar-refractivity contribution < 1.29 is 23.9 Å². The average Bonchev–Trinajstić information content (AvgIpc) is 3.05. The van der Waals surface area contributed by atoms with E-state index in [2.05, 4.69) is 5.32 Å². The summed E-state index contributed by atoms with van der Waals surface area (Å²) in [4.78, 5) is 37.2. The van der Waals surface area contributed by atoms with Crippen LogP contribution in [0.5, 0.6) is 0 Å². The molecule has 1 N–H and O–H groups in total. The van der Waals surface area contributed by atoms with Crippen LogP contribution in [-0.4, -0.2) is 31.1 Å². The number of hydrogen-bond acceptors (Lipinski definition) is 6. The molecule has 0 radical (unpaired) electrons. The van der Waals surface area contributed by atoms with E-state index in [-0.39, 0.29) is 31.0 Å². The Bertz CT molecular complexity index is 692. The summed E-state index contributed by atoms with van der Waals surface area (Å²) in [6.45, 7) is 5.63. The van der Waals surface area contributed by atoms with Crippen LogP contribution in [0.15, 0.2) is 18.2 Å². The Morgan fingerprint density at radius 3 is 2.65 bits per heavy atom. The average molecular weight is 379 g/mol. The van der Waals surface area contributed by atoms with Crippen molar-refractivity contribution in [2.75, 3.05) is 18.5 Å². The fraction of sp³-hybridized carbons (Fsp3) is 0.526. The molecule has 142 valence electrons. The molecule has 0 saturated carbocycles. The Labute approximate surface area is 157 Å². The summed E-state index contributed by atoms with van der Waals surface area (Å²) < 4.78 is 10.2. The van der Waals surface area contributed by atoms with E-state index in [4.69, 9.17) is 9.47 Å². The minimum absolute atomic E-state index is 0.183. The van der Waals surface area contributed by atoms with Crippen molar-refractivity contribution in [3.8, 4) is 0 Å². The van der Waals surface area contributed by atoms with Gasteiger partial charge in [-0.25, -0.2) is 4.79 Å². The fourth-order valence-electron chi connectivity index (χ4n) is 2.57. The fourth-order valence-corrected chi connectivity index (χ4v) is 3.64. The lowest BCUT2D eigenvalue weighted by Crippen LogP contribution is -2.25. The molecule has 26 heavy (non-hydrogen) atoms. The van der Waals surface area contributed by atoms with Crippen LogP contribution in [0.2, 0.25) is 0 Å². The van der Waals surface area contributed by atoms with E-state index in [9.17, 15) is 14.4 Å². The van der Waals surface area contributed by atoms with Gasteiger partial charge < -0.3 is 14.8 Å². The third-order valence-corrected chi connectivity index (χ3v) is 5.37. The summed E-state index contributed by atoms with van der Waals surface area (Å²) in [5.74, 6) is -1.26. The molecule has 1 heterocycles. The van der Waals surface area contributed by atoms with Gasteiger partial charge in [-0.05, 0) is 38.2 Å². The molecule has 1 amide bonds. The first-order valence-corrected chi connectivity index (χ1v) is 9.66. The zero-order chi connectivity index (χ0) is 19.1. The number of ether oxygens (including phenoxy) is 2. The minimum Gasteiger partial charge on any atom is -0.462 e. The smallest absolute Gasteiger partial charge is 0.341 e. The molecule has 1 atom stereocenters. The van der Waals surface area contributed by atoms with E-state index < -0.39 is 11.9 Å². The highest BCUT2D eigenvalue weighted by Gasteiger charge is 2.23. The van der Waals surface area contributed by atoms with Crippen molar-refractivity contribution in [2.24, 2.45) is 5.92 Å². The third-order valence-electron chi connectivity index (χ3n) is 4.02. The van der Waals surface area contributed by atoms with Gasteiger partial charge in [-0.15, -0.1) is 11.3 Å². The quantitative estimate of drug-likeness (QED) is 0.574. The van der Waals surface area contributed by atoms with Crippen molar-refractivity contribution in [1.29, 1.82) is 0 Å². The van der Waals surface area contributed by atoms with E-state index in [1.54, 1.807) is 13.0 Å². The maximum absolute atomic E-state index is 12.2. The van der Waals surface area contributed by atoms with Crippen LogP contribution >= 0.6 is 11.3 Å². The molecule has 2 rings (SSSR count). The Hall–Kier alpha value is -2.15. The second-order valence-corrected chi connectivity index (χ2v) is 7.49. The number of allylic oxidation sites excluding steroid dienone is 2. The Balaban J connectivity index is 1.97. The lowest BCUT2D eigenvalue weighted by atomic mass is 9.95. The topological polar surface area (TPSA) is 81.7 Å². The normalized spacial score (nSPS) is 16.4. The predicted molar refractivity (Wildman–Crippen MR) is 100 cm³/mol. The summed E-state index contributed by atoms with van der Waals surface area (Å²) in [5, 5.41) is 3.10. The molecular formula is C19H25NO5S. The molecule has 0 unspecified atom stereocenters. The molecule has 0 aromatic carbocycles. The van der Waals surface area contributed by atoms with Gasteiger partial charge in [0.1, 0.15) is 5.00 Å². The van der Waals surface area contributed by atoms with Gasteiger partial charge in [0.05, 0.1) is 18.1 Å². The largest absolute Gasteiger partial charge is 0.462 e. The number of anilines is 1. The van der Waals surface area contributed by atoms with Crippen LogP contribution in [-0.2, 0) is 19.1 Å². The number of nitrogens with one attached hydrogen (secondary N) is 1. The molecule has 1 aliphatic rings. The Kier molecular flexibility index (Phi) is 7.38. The summed E-state index contributed by atoms with van der Waals surface area (Å²) >= 11 is 1.33. The van der Waals surface area contributed by atoms with Crippen LogP contribution < -0.4 is 5.32 Å². The highest BCUT2D eigenvalue weighted by molar-refractivity contribution is 7.16. The van der Waals surface area contributed by atoms with Crippen molar-refractivity contribution in [3.63, 3.8) is 0 Å². The SMILES string of the molecule is CCOC(=O)c1cc(C(C)C)sc1NC(=O)COC(=O)[C@@H]1CC=CCC1. The van der Waals surface area contributed by atoms with Gasteiger partial charge in [0.25, 0.3) is 5.91 Å². The van der Waals surface area contributed by atoms with Crippen molar-refractivity contribution in [3.05, 3.63) is 28.7 Å². The first kappa shape index (κ1) is 20.2. The standard InChI is InChI=1S/C19H25NO5S/c1-4-24-19(23)14-10-15(12(2)3)26-17(14)20-16(21)11-25-18(22)13-8-6-5-7-9-13/h5-6,10,12-13H,4,7-9,11H2,1-3H3,(H,20,21)/t13-/m1/s1. The van der Waals surface area contributed by atoms with Gasteiger partial charge in [-0.2, -0.15) is 0 Å². The van der Waals surface area contributed by atoms with Crippen molar-refractivity contribution in [2.45, 2.75) is 46.0 Å². The van der Waals surface area contributed by atoms with Gasteiger partial charge in [-0.1, -0.05) is 26.0 Å². The van der Waals surface area contributed by atoms with Crippen LogP contribution in [0.4, 0.5) is 5.00 Å². The second-order valence-electron chi connectivity index (χ2n) is 6.40. The summed E-state index contributed by atoms with van der Waals surface area (Å²) in [7, 11) is 0. The van der Waals surface area contributed by atoms with Crippen molar-refractivity contribution in [1.82, 2.24) is 0 Å². The summed E-state index contributed by atoms with van der Waals surface area (Å²) in [5.41, 5.74) is 0.331. The van der Waals surface area contributed by atoms with Gasteiger partial charge >= 0.3 is 11.9 Å². The van der Waals surface area contributed by atoms with Crippen LogP contribution in [0.3, 0.4) is 0 Å². The maximum atomic E-state index is 12.2. The van der Waals surface area contributed by atoms with E-state index in [0.29, 0.717) is 17.0 Å². The Morgan fingerprint density at radius 2 is 2.04 bits per heavy atom. The Morgan fingerprint density at radius 1 is 1.27 bits per heavy atom. The maximum Gasteiger partial charge on any atom is 0.341 e. The van der Waals surface area contributed by atoms with Gasteiger partial charge in [0, 0.05) is 4.88 Å². The zero-order valence-electron chi connectivity index (χ0n) is 15.4. The number of carbonyl (C=O) groups is 3. The van der Waals surface area contributed by atoms with Crippen molar-refractivity contribution >= 4 is 34.2 Å². The van der Waals surface area contributed by atoms with Gasteiger partial charge in [-0.3, -0.25) is 9.59 Å². The number of rotatable bonds is 7. The summed E-state index contributed by atoms with van der Waals surface area (Å²) in [6, 6.07) is 1.74. The number of carbonyl (C=O) groups excluding carboxylic acids is 3. The molecule has 0 aliphatic heterocycles. The molecule has 6 nitrogen and oxygen atoms in total. The lowest BCUT2D eigenvalue weighted by Gasteiger charge is -2.16. The highest BCUT2D eigenvalue weighted by Crippen LogP contribution is 2.33. The molecule has 0 bridgehead atoms. The minimum atomic E-state index is -0.475. The molecule has 1 aromatic rings. The first-order chi connectivity index (χ1) is 12.4. The van der Waals surface area contributed by atoms with Gasteiger partial charge in [0.2, 0.25) is 0 Å². The second kappa shape index (κ2) is 9.52. The third kappa shape index (κ3) is 5.42. The monoisotopic (exact) mass is 379 g/mol. The number of amides is 1. The number of hydrogen-bond donors (Lipinski definition) is 1. The first-order valence-electron chi connectivity index (χ1n) is 8.84. The number of esters is 2. The molecule has 0 saturated heterocycles. The van der Waals surface area contributed by atoms with Gasteiger partial charge in [0.15, 0.2) is 6.61 Å². The molecule has 7 heteroatoms. The molecular weight excluding hydrogens is 354 g/mol. The van der Waals surface area contributed by atoms with Crippen LogP contribution in [0, 0.1) is 5.92 Å². The van der Waals surface area contributed by atoms with E-state index in [0.717, 1.165) is 17.7 Å². The summed E-state index contributed by atoms with van der Waals surface area (Å²) in [6.07, 6.45) is 6.24. The van der Waals surface area contributed by atoms with E-state index in [1.807, 2.05) is 26.0 Å². The molecule has 1 aliphatic carbocycles. The molecule has 0 fully saturated rings. The van der Waals surface area contributed by atoms with E-state index in [1.165, 1.54) is 11.3 Å². The van der Waals surface area contributed by atoms with E-state index >= 15 is 0 Å². The molecule has 1 aromatic heterocycles. The predicted octanol–water partition coefficient (Wildman–Crippen LogP) is 3.89. The number of thiophene rings is 1. The zero-order valence-corrected chi connectivity index (χ0v) is 16.2. The highest BCUT2D eigenvalue weighted by atomic mass is 32.1. The van der Waals surface area contributed by atoms with Crippen LogP contribution in [0.1, 0.15) is 61.2 Å². The molecule has 0 spiro atoms. The lowest BCUT2D eigenvalue weighted by molar-refractivity contribution is -0.151.